The zero-order chi connectivity index (χ0) is 13.9. The molecule has 4 heteroatoms. The van der Waals surface area contributed by atoms with Crippen LogP contribution < -0.4 is 5.32 Å². The van der Waals surface area contributed by atoms with Gasteiger partial charge < -0.3 is 5.32 Å². The molecular formula is C16H14ClNS2. The van der Waals surface area contributed by atoms with Gasteiger partial charge >= 0.3 is 0 Å². The molecule has 1 nitrogen and oxygen atoms in total. The summed E-state index contributed by atoms with van der Waals surface area (Å²) >= 11 is 9.69. The largest absolute Gasteiger partial charge is 0.316 e. The summed E-state index contributed by atoms with van der Waals surface area (Å²) < 4.78 is 1.28. The van der Waals surface area contributed by atoms with Crippen LogP contribution in [0.2, 0.25) is 5.02 Å². The molecule has 0 amide bonds. The molecule has 1 heterocycles. The zero-order valence-electron chi connectivity index (χ0n) is 11.0. The lowest BCUT2D eigenvalue weighted by Crippen LogP contribution is -2.05. The van der Waals surface area contributed by atoms with Crippen molar-refractivity contribution < 1.29 is 0 Å². The predicted octanol–water partition coefficient (Wildman–Crippen LogP) is 5.43. The molecule has 3 rings (SSSR count). The molecule has 0 unspecified atom stereocenters. The van der Waals surface area contributed by atoms with E-state index in [-0.39, 0.29) is 0 Å². The van der Waals surface area contributed by atoms with Crippen LogP contribution in [0, 0.1) is 0 Å². The Morgan fingerprint density at radius 1 is 1.15 bits per heavy atom. The number of hydrogen-bond acceptors (Lipinski definition) is 3. The summed E-state index contributed by atoms with van der Waals surface area (Å²) in [4.78, 5) is 2.57. The van der Waals surface area contributed by atoms with Gasteiger partial charge in [0.2, 0.25) is 0 Å². The van der Waals surface area contributed by atoms with E-state index in [9.17, 15) is 0 Å². The van der Waals surface area contributed by atoms with Crippen LogP contribution in [0.1, 0.15) is 5.56 Å². The smallest absolute Gasteiger partial charge is 0.0413 e. The fourth-order valence-electron chi connectivity index (χ4n) is 2.12. The molecule has 1 N–H and O–H groups in total. The summed E-state index contributed by atoms with van der Waals surface area (Å²) in [7, 11) is 1.97. The average Bonchev–Trinajstić information content (AvgIpc) is 2.84. The van der Waals surface area contributed by atoms with Gasteiger partial charge in [0, 0.05) is 36.8 Å². The first-order chi connectivity index (χ1) is 9.78. The number of halogens is 1. The highest BCUT2D eigenvalue weighted by Gasteiger charge is 2.09. The number of thiophene rings is 1. The number of rotatable bonds is 4. The van der Waals surface area contributed by atoms with Crippen molar-refractivity contribution in [1.29, 1.82) is 0 Å². The molecule has 0 atom stereocenters. The molecule has 0 aliphatic carbocycles. The molecule has 0 bridgehead atoms. The molecule has 0 aliphatic heterocycles. The predicted molar refractivity (Wildman–Crippen MR) is 90.2 cm³/mol. The molecule has 0 aliphatic rings. The fraction of sp³-hybridized carbons (Fsp3) is 0.125. The third-order valence-corrected chi connectivity index (χ3v) is 5.58. The van der Waals surface area contributed by atoms with Crippen molar-refractivity contribution in [2.75, 3.05) is 7.05 Å². The third-order valence-electron chi connectivity index (χ3n) is 3.06. The van der Waals surface area contributed by atoms with E-state index in [0.717, 1.165) is 11.6 Å². The molecule has 2 aromatic carbocycles. The van der Waals surface area contributed by atoms with Gasteiger partial charge in [0.15, 0.2) is 0 Å². The fourth-order valence-corrected chi connectivity index (χ4v) is 4.43. The van der Waals surface area contributed by atoms with E-state index in [0.29, 0.717) is 0 Å². The normalized spacial score (nSPS) is 11.1. The Bertz CT molecular complexity index is 736. The van der Waals surface area contributed by atoms with E-state index in [1.807, 2.05) is 24.9 Å². The molecular weight excluding hydrogens is 306 g/mol. The SMILES string of the molecule is CNCc1ccccc1Sc1csc2ccc(Cl)cc12. The van der Waals surface area contributed by atoms with Gasteiger partial charge in [0.25, 0.3) is 0 Å². The van der Waals surface area contributed by atoms with E-state index in [1.165, 1.54) is 25.4 Å². The van der Waals surface area contributed by atoms with E-state index < -0.39 is 0 Å². The van der Waals surface area contributed by atoms with Gasteiger partial charge in [-0.25, -0.2) is 0 Å². The maximum absolute atomic E-state index is 6.12. The second-order valence-electron chi connectivity index (χ2n) is 4.48. The van der Waals surface area contributed by atoms with Crippen LogP contribution in [0.5, 0.6) is 0 Å². The minimum Gasteiger partial charge on any atom is -0.316 e. The highest BCUT2D eigenvalue weighted by molar-refractivity contribution is 7.99. The Kier molecular flexibility index (Phi) is 4.32. The van der Waals surface area contributed by atoms with E-state index in [1.54, 1.807) is 11.3 Å². The summed E-state index contributed by atoms with van der Waals surface area (Å²) in [6.07, 6.45) is 0. The van der Waals surface area contributed by atoms with Crippen molar-refractivity contribution in [2.45, 2.75) is 16.3 Å². The quantitative estimate of drug-likeness (QED) is 0.688. The maximum atomic E-state index is 6.12. The second-order valence-corrected chi connectivity index (χ2v) is 6.91. The van der Waals surface area contributed by atoms with Gasteiger partial charge in [-0.2, -0.15) is 0 Å². The molecule has 0 radical (unpaired) electrons. The Labute approximate surface area is 132 Å². The number of nitrogens with one attached hydrogen (secondary N) is 1. The molecule has 1 aromatic heterocycles. The van der Waals surface area contributed by atoms with E-state index in [4.69, 9.17) is 11.6 Å². The molecule has 0 spiro atoms. The van der Waals surface area contributed by atoms with Gasteiger partial charge in [-0.05, 0) is 36.9 Å². The Morgan fingerprint density at radius 2 is 2.00 bits per heavy atom. The lowest BCUT2D eigenvalue weighted by atomic mass is 10.2. The van der Waals surface area contributed by atoms with Crippen molar-refractivity contribution in [3.05, 3.63) is 58.4 Å². The maximum Gasteiger partial charge on any atom is 0.0413 e. The van der Waals surface area contributed by atoms with Gasteiger partial charge in [0.1, 0.15) is 0 Å². The summed E-state index contributed by atoms with van der Waals surface area (Å²) in [5, 5.41) is 7.46. The third kappa shape index (κ3) is 2.86. The van der Waals surface area contributed by atoms with Crippen molar-refractivity contribution >= 4 is 44.8 Å². The Morgan fingerprint density at radius 3 is 2.85 bits per heavy atom. The van der Waals surface area contributed by atoms with Crippen LogP contribution in [0.4, 0.5) is 0 Å². The van der Waals surface area contributed by atoms with Gasteiger partial charge in [-0.3, -0.25) is 0 Å². The highest BCUT2D eigenvalue weighted by atomic mass is 35.5. The van der Waals surface area contributed by atoms with Crippen LogP contribution in [-0.4, -0.2) is 7.05 Å². The Hall–Kier alpha value is -1.00. The molecule has 0 saturated heterocycles. The molecule has 3 aromatic rings. The number of hydrogen-bond donors (Lipinski definition) is 1. The van der Waals surface area contributed by atoms with Crippen molar-refractivity contribution in [3.8, 4) is 0 Å². The van der Waals surface area contributed by atoms with Gasteiger partial charge in [-0.1, -0.05) is 41.6 Å². The standard InChI is InChI=1S/C16H14ClNS2/c1-18-9-11-4-2-3-5-14(11)20-16-10-19-15-7-6-12(17)8-13(15)16/h2-8,10,18H,9H2,1H3. The number of benzene rings is 2. The second kappa shape index (κ2) is 6.19. The van der Waals surface area contributed by atoms with Gasteiger partial charge in [-0.15, -0.1) is 11.3 Å². The van der Waals surface area contributed by atoms with Crippen molar-refractivity contribution in [3.63, 3.8) is 0 Å². The summed E-state index contributed by atoms with van der Waals surface area (Å²) in [6.45, 7) is 0.881. The van der Waals surface area contributed by atoms with Crippen molar-refractivity contribution in [1.82, 2.24) is 5.32 Å². The lowest BCUT2D eigenvalue weighted by Gasteiger charge is -2.08. The topological polar surface area (TPSA) is 12.0 Å². The molecule has 102 valence electrons. The van der Waals surface area contributed by atoms with Crippen LogP contribution in [0.25, 0.3) is 10.1 Å². The van der Waals surface area contributed by atoms with Crippen LogP contribution in [0.15, 0.2) is 57.6 Å². The van der Waals surface area contributed by atoms with Crippen molar-refractivity contribution in [2.24, 2.45) is 0 Å². The van der Waals surface area contributed by atoms with Crippen LogP contribution in [-0.2, 0) is 6.54 Å². The first kappa shape index (κ1) is 14.0. The lowest BCUT2D eigenvalue weighted by molar-refractivity contribution is 0.803. The summed E-state index contributed by atoms with van der Waals surface area (Å²) in [5.74, 6) is 0. The monoisotopic (exact) mass is 319 g/mol. The van der Waals surface area contributed by atoms with Gasteiger partial charge in [0.05, 0.1) is 0 Å². The highest BCUT2D eigenvalue weighted by Crippen LogP contribution is 2.39. The molecule has 0 saturated carbocycles. The first-order valence-corrected chi connectivity index (χ1v) is 8.42. The minimum atomic E-state index is 0.793. The van der Waals surface area contributed by atoms with Crippen LogP contribution >= 0.6 is 34.7 Å². The average molecular weight is 320 g/mol. The summed E-state index contributed by atoms with van der Waals surface area (Å²) in [6, 6.07) is 14.6. The zero-order valence-corrected chi connectivity index (χ0v) is 13.4. The van der Waals surface area contributed by atoms with Crippen LogP contribution in [0.3, 0.4) is 0 Å². The number of fused-ring (bicyclic) bond motifs is 1. The van der Waals surface area contributed by atoms with E-state index in [2.05, 4.69) is 47.1 Å². The van der Waals surface area contributed by atoms with E-state index >= 15 is 0 Å². The Balaban J connectivity index is 1.99. The minimum absolute atomic E-state index is 0.793. The molecule has 0 fully saturated rings. The molecule has 20 heavy (non-hydrogen) atoms. The summed E-state index contributed by atoms with van der Waals surface area (Å²) in [5.41, 5.74) is 1.32. The first-order valence-electron chi connectivity index (χ1n) is 6.35.